The van der Waals surface area contributed by atoms with Crippen LogP contribution >= 0.6 is 0 Å². The highest BCUT2D eigenvalue weighted by Gasteiger charge is 2.52. The molecule has 120 valence electrons. The van der Waals surface area contributed by atoms with Crippen molar-refractivity contribution in [2.24, 2.45) is 0 Å². The predicted molar refractivity (Wildman–Crippen MR) is 85.1 cm³/mol. The van der Waals surface area contributed by atoms with Gasteiger partial charge in [0.25, 0.3) is 0 Å². The normalized spacial score (nSPS) is 19.3. The fourth-order valence-corrected chi connectivity index (χ4v) is 2.55. The lowest BCUT2D eigenvalue weighted by molar-refractivity contribution is 0.00578. The third-order valence-corrected chi connectivity index (χ3v) is 4.82. The first-order chi connectivity index (χ1) is 10.0. The van der Waals surface area contributed by atoms with E-state index in [1.54, 1.807) is 6.07 Å². The SMILES string of the molecule is COc1c(C(=O)O)cc(B2OC(C)(C)C(C)(C)O2)c(C)c1C. The summed E-state index contributed by atoms with van der Waals surface area (Å²) in [7, 11) is 0.885. The number of hydrogen-bond acceptors (Lipinski definition) is 4. The van der Waals surface area contributed by atoms with Crippen LogP contribution in [0.1, 0.15) is 49.2 Å². The molecule has 0 unspecified atom stereocenters. The maximum absolute atomic E-state index is 11.5. The molecule has 0 radical (unpaired) electrons. The third-order valence-electron chi connectivity index (χ3n) is 4.82. The maximum Gasteiger partial charge on any atom is 0.495 e. The Kier molecular flexibility index (Phi) is 4.04. The molecule has 1 aromatic carbocycles. The van der Waals surface area contributed by atoms with Crippen LogP contribution in [0.3, 0.4) is 0 Å². The van der Waals surface area contributed by atoms with Crippen LogP contribution in [0.4, 0.5) is 0 Å². The number of rotatable bonds is 3. The number of carbonyl (C=O) groups is 1. The average molecular weight is 306 g/mol. The average Bonchev–Trinajstić information content (AvgIpc) is 2.60. The predicted octanol–water partition coefficient (Wildman–Crippen LogP) is 2.31. The highest BCUT2D eigenvalue weighted by Crippen LogP contribution is 2.37. The first kappa shape index (κ1) is 16.8. The van der Waals surface area contributed by atoms with Gasteiger partial charge in [0.1, 0.15) is 11.3 Å². The Hall–Kier alpha value is -1.53. The summed E-state index contributed by atoms with van der Waals surface area (Å²) in [5.41, 5.74) is 1.61. The summed E-state index contributed by atoms with van der Waals surface area (Å²) >= 11 is 0. The fraction of sp³-hybridized carbons (Fsp3) is 0.562. The summed E-state index contributed by atoms with van der Waals surface area (Å²) in [6.07, 6.45) is 0. The molecular weight excluding hydrogens is 283 g/mol. The molecule has 1 heterocycles. The minimum atomic E-state index is -1.03. The van der Waals surface area contributed by atoms with Gasteiger partial charge in [0.05, 0.1) is 18.3 Å². The van der Waals surface area contributed by atoms with Crippen LogP contribution in [0.15, 0.2) is 6.07 Å². The van der Waals surface area contributed by atoms with Crippen LogP contribution in [0.2, 0.25) is 0 Å². The van der Waals surface area contributed by atoms with Crippen molar-refractivity contribution in [2.45, 2.75) is 52.7 Å². The van der Waals surface area contributed by atoms with Crippen LogP contribution in [-0.2, 0) is 9.31 Å². The standard InChI is InChI=1S/C16H23BO5/c1-9-10(2)13(20-7)11(14(18)19)8-12(9)17-21-15(3,4)16(5,6)22-17/h8H,1-7H3,(H,18,19). The van der Waals surface area contributed by atoms with Gasteiger partial charge in [-0.2, -0.15) is 0 Å². The summed E-state index contributed by atoms with van der Waals surface area (Å²) in [5, 5.41) is 9.42. The third kappa shape index (κ3) is 2.50. The summed E-state index contributed by atoms with van der Waals surface area (Å²) in [6.45, 7) is 11.6. The zero-order valence-corrected chi connectivity index (χ0v) is 14.2. The Balaban J connectivity index is 2.56. The maximum atomic E-state index is 11.5. The van der Waals surface area contributed by atoms with Crippen LogP contribution in [0.25, 0.3) is 0 Å². The van der Waals surface area contributed by atoms with Crippen LogP contribution in [0, 0.1) is 13.8 Å². The number of carboxylic acids is 1. The van der Waals surface area contributed by atoms with Crippen molar-refractivity contribution in [1.82, 2.24) is 0 Å². The quantitative estimate of drug-likeness (QED) is 0.868. The first-order valence-corrected chi connectivity index (χ1v) is 7.29. The van der Waals surface area contributed by atoms with Crippen LogP contribution < -0.4 is 10.2 Å². The van der Waals surface area contributed by atoms with Crippen molar-refractivity contribution in [3.63, 3.8) is 0 Å². The van der Waals surface area contributed by atoms with Crippen molar-refractivity contribution in [1.29, 1.82) is 0 Å². The molecule has 1 aliphatic heterocycles. The van der Waals surface area contributed by atoms with Gasteiger partial charge >= 0.3 is 13.1 Å². The molecule has 1 aliphatic rings. The van der Waals surface area contributed by atoms with E-state index in [1.165, 1.54) is 7.11 Å². The van der Waals surface area contributed by atoms with Crippen molar-refractivity contribution in [3.05, 3.63) is 22.8 Å². The summed E-state index contributed by atoms with van der Waals surface area (Å²) < 4.78 is 17.3. The van der Waals surface area contributed by atoms with E-state index in [9.17, 15) is 9.90 Å². The number of benzene rings is 1. The minimum Gasteiger partial charge on any atom is -0.496 e. The van der Waals surface area contributed by atoms with Crippen LogP contribution in [0.5, 0.6) is 5.75 Å². The molecule has 5 nitrogen and oxygen atoms in total. The second kappa shape index (κ2) is 5.28. The van der Waals surface area contributed by atoms with Crippen LogP contribution in [-0.4, -0.2) is 36.5 Å². The summed E-state index contributed by atoms with van der Waals surface area (Å²) in [4.78, 5) is 11.5. The fourth-order valence-electron chi connectivity index (χ4n) is 2.55. The molecule has 6 heteroatoms. The number of hydrogen-bond donors (Lipinski definition) is 1. The summed E-state index contributed by atoms with van der Waals surface area (Å²) in [6, 6.07) is 1.59. The van der Waals surface area contributed by atoms with E-state index in [-0.39, 0.29) is 5.56 Å². The molecule has 0 spiro atoms. The van der Waals surface area contributed by atoms with Crippen molar-refractivity contribution < 1.29 is 23.9 Å². The van der Waals surface area contributed by atoms with E-state index in [1.807, 2.05) is 41.5 Å². The molecule has 0 bridgehead atoms. The Morgan fingerprint density at radius 3 is 2.05 bits per heavy atom. The lowest BCUT2D eigenvalue weighted by atomic mass is 9.74. The molecule has 1 fully saturated rings. The van der Waals surface area contributed by atoms with E-state index in [2.05, 4.69) is 0 Å². The lowest BCUT2D eigenvalue weighted by Gasteiger charge is -2.32. The smallest absolute Gasteiger partial charge is 0.495 e. The number of methoxy groups -OCH3 is 1. The van der Waals surface area contributed by atoms with Crippen molar-refractivity contribution >= 4 is 18.6 Å². The van der Waals surface area contributed by atoms with Gasteiger partial charge in [-0.15, -0.1) is 0 Å². The molecule has 22 heavy (non-hydrogen) atoms. The van der Waals surface area contributed by atoms with E-state index < -0.39 is 24.3 Å². The zero-order chi connectivity index (χ0) is 16.9. The molecular formula is C16H23BO5. The van der Waals surface area contributed by atoms with Gasteiger partial charge in [-0.05, 0) is 64.2 Å². The Bertz CT molecular complexity index is 605. The highest BCUT2D eigenvalue weighted by molar-refractivity contribution is 6.62. The Labute approximate surface area is 131 Å². The number of aromatic carboxylic acids is 1. The zero-order valence-electron chi connectivity index (χ0n) is 14.2. The Morgan fingerprint density at radius 2 is 1.64 bits per heavy atom. The van der Waals surface area contributed by atoms with Gasteiger partial charge in [0, 0.05) is 0 Å². The van der Waals surface area contributed by atoms with Crippen molar-refractivity contribution in [2.75, 3.05) is 7.11 Å². The molecule has 0 atom stereocenters. The molecule has 1 saturated heterocycles. The van der Waals surface area contributed by atoms with Gasteiger partial charge in [0.15, 0.2) is 0 Å². The molecule has 2 rings (SSSR count). The lowest BCUT2D eigenvalue weighted by Crippen LogP contribution is -2.41. The topological polar surface area (TPSA) is 65.0 Å². The molecule has 0 aliphatic carbocycles. The summed E-state index contributed by atoms with van der Waals surface area (Å²) in [5.74, 6) is -0.650. The molecule has 0 saturated carbocycles. The van der Waals surface area contributed by atoms with Gasteiger partial charge in [-0.3, -0.25) is 0 Å². The van der Waals surface area contributed by atoms with Gasteiger partial charge in [-0.1, -0.05) is 0 Å². The molecule has 1 N–H and O–H groups in total. The molecule has 0 aromatic heterocycles. The monoisotopic (exact) mass is 306 g/mol. The Morgan fingerprint density at radius 1 is 1.14 bits per heavy atom. The highest BCUT2D eigenvalue weighted by atomic mass is 16.7. The largest absolute Gasteiger partial charge is 0.496 e. The number of ether oxygens (including phenoxy) is 1. The first-order valence-electron chi connectivity index (χ1n) is 7.29. The van der Waals surface area contributed by atoms with E-state index in [0.29, 0.717) is 5.75 Å². The van der Waals surface area contributed by atoms with E-state index >= 15 is 0 Å². The van der Waals surface area contributed by atoms with E-state index in [0.717, 1.165) is 16.6 Å². The minimum absolute atomic E-state index is 0.121. The number of carboxylic acid groups (broad SMARTS) is 1. The molecule has 1 aromatic rings. The van der Waals surface area contributed by atoms with Gasteiger partial charge in [0.2, 0.25) is 0 Å². The van der Waals surface area contributed by atoms with Gasteiger partial charge < -0.3 is 19.2 Å². The van der Waals surface area contributed by atoms with Crippen molar-refractivity contribution in [3.8, 4) is 5.75 Å². The van der Waals surface area contributed by atoms with Gasteiger partial charge in [-0.25, -0.2) is 4.79 Å². The second-order valence-corrected chi connectivity index (χ2v) is 6.69. The van der Waals surface area contributed by atoms with E-state index in [4.69, 9.17) is 14.0 Å². The second-order valence-electron chi connectivity index (χ2n) is 6.69. The molecule has 0 amide bonds.